The highest BCUT2D eigenvalue weighted by atomic mass is 32.2. The monoisotopic (exact) mass is 349 g/mol. The van der Waals surface area contributed by atoms with E-state index in [2.05, 4.69) is 0 Å². The van der Waals surface area contributed by atoms with Gasteiger partial charge in [0.1, 0.15) is 11.5 Å². The Labute approximate surface area is 144 Å². The Kier molecular flexibility index (Phi) is 5.94. The quantitative estimate of drug-likeness (QED) is 0.521. The Morgan fingerprint density at radius 2 is 1.67 bits per heavy atom. The Morgan fingerprint density at radius 3 is 2.21 bits per heavy atom. The van der Waals surface area contributed by atoms with Crippen LogP contribution in [0, 0.1) is 0 Å². The Hall–Kier alpha value is -2.38. The first-order valence-electron chi connectivity index (χ1n) is 7.11. The van der Waals surface area contributed by atoms with Crippen LogP contribution in [0.3, 0.4) is 0 Å². The number of methoxy groups -OCH3 is 2. The molecule has 2 atom stereocenters. The van der Waals surface area contributed by atoms with E-state index in [9.17, 15) is 15.0 Å². The van der Waals surface area contributed by atoms with Crippen LogP contribution < -0.4 is 15.2 Å². The van der Waals surface area contributed by atoms with E-state index < -0.39 is 17.3 Å². The molecule has 0 radical (unpaired) electrons. The van der Waals surface area contributed by atoms with Gasteiger partial charge in [0.25, 0.3) is 0 Å². The lowest BCUT2D eigenvalue weighted by molar-refractivity contribution is -0.146. The zero-order valence-corrected chi connectivity index (χ0v) is 14.1. The molecule has 0 aliphatic rings. The maximum atomic E-state index is 11.3. The minimum absolute atomic E-state index is 0.483. The van der Waals surface area contributed by atoms with Crippen LogP contribution in [0.4, 0.5) is 5.69 Å². The van der Waals surface area contributed by atoms with Gasteiger partial charge in [-0.2, -0.15) is 0 Å². The molecular weight excluding hydrogens is 330 g/mol. The summed E-state index contributed by atoms with van der Waals surface area (Å²) in [5.74, 6) is -0.0528. The molecule has 4 N–H and O–H groups in total. The molecular formula is C17H19NO5S. The molecule has 0 bridgehead atoms. The van der Waals surface area contributed by atoms with E-state index in [0.717, 1.165) is 0 Å². The van der Waals surface area contributed by atoms with Gasteiger partial charge in [-0.25, -0.2) is 4.79 Å². The zero-order valence-electron chi connectivity index (χ0n) is 13.3. The van der Waals surface area contributed by atoms with Gasteiger partial charge in [-0.15, -0.1) is 11.8 Å². The first-order chi connectivity index (χ1) is 11.5. The standard InChI is InChI=1S/C17H19NO5S/c1-22-11-5-3-10(4-6-11)16(15(19)17(20)21)24-14-9-12(23-2)7-8-13(14)18/h3-9,15-16,19H,18H2,1-2H3,(H,20,21). The molecule has 0 saturated carbocycles. The average molecular weight is 349 g/mol. The van der Waals surface area contributed by atoms with Crippen molar-refractivity contribution in [3.63, 3.8) is 0 Å². The van der Waals surface area contributed by atoms with Gasteiger partial charge < -0.3 is 25.4 Å². The molecule has 2 aromatic rings. The highest BCUT2D eigenvalue weighted by Gasteiger charge is 2.29. The molecule has 0 heterocycles. The van der Waals surface area contributed by atoms with E-state index in [0.29, 0.717) is 27.6 Å². The molecule has 0 saturated heterocycles. The molecule has 2 rings (SSSR count). The first kappa shape index (κ1) is 18.0. The maximum absolute atomic E-state index is 11.3. The lowest BCUT2D eigenvalue weighted by atomic mass is 10.1. The topological polar surface area (TPSA) is 102 Å². The van der Waals surface area contributed by atoms with Crippen molar-refractivity contribution < 1.29 is 24.5 Å². The van der Waals surface area contributed by atoms with Gasteiger partial charge >= 0.3 is 5.97 Å². The number of ether oxygens (including phenoxy) is 2. The molecule has 0 amide bonds. The highest BCUT2D eigenvalue weighted by Crippen LogP contribution is 2.42. The number of anilines is 1. The Morgan fingerprint density at radius 1 is 1.08 bits per heavy atom. The number of hydrogen-bond acceptors (Lipinski definition) is 6. The summed E-state index contributed by atoms with van der Waals surface area (Å²) in [6, 6.07) is 12.0. The molecule has 0 spiro atoms. The summed E-state index contributed by atoms with van der Waals surface area (Å²) >= 11 is 1.17. The second-order valence-electron chi connectivity index (χ2n) is 5.00. The van der Waals surface area contributed by atoms with E-state index in [1.807, 2.05) is 0 Å². The molecule has 0 fully saturated rings. The van der Waals surface area contributed by atoms with Gasteiger partial charge in [0.15, 0.2) is 6.10 Å². The maximum Gasteiger partial charge on any atom is 0.334 e. The van der Waals surface area contributed by atoms with E-state index in [1.165, 1.54) is 18.9 Å². The van der Waals surface area contributed by atoms with Crippen molar-refractivity contribution in [1.82, 2.24) is 0 Å². The molecule has 2 unspecified atom stereocenters. The SMILES string of the molecule is COc1ccc(C(Sc2cc(OC)ccc2N)C(O)C(=O)O)cc1. The minimum atomic E-state index is -1.59. The summed E-state index contributed by atoms with van der Waals surface area (Å²) in [5.41, 5.74) is 7.10. The summed E-state index contributed by atoms with van der Waals surface area (Å²) in [7, 11) is 3.08. The number of thioether (sulfide) groups is 1. The van der Waals surface area contributed by atoms with Crippen molar-refractivity contribution in [3.05, 3.63) is 48.0 Å². The number of nitrogen functional groups attached to an aromatic ring is 1. The van der Waals surface area contributed by atoms with E-state index in [1.54, 1.807) is 49.6 Å². The molecule has 128 valence electrons. The van der Waals surface area contributed by atoms with Gasteiger partial charge in [0.05, 0.1) is 19.5 Å². The fourth-order valence-electron chi connectivity index (χ4n) is 2.12. The van der Waals surface area contributed by atoms with Crippen LogP contribution in [0.25, 0.3) is 0 Å². The van der Waals surface area contributed by atoms with Crippen molar-refractivity contribution in [2.45, 2.75) is 16.2 Å². The largest absolute Gasteiger partial charge is 0.497 e. The number of hydrogen-bond donors (Lipinski definition) is 3. The third-order valence-corrected chi connectivity index (χ3v) is 4.85. The van der Waals surface area contributed by atoms with Crippen molar-refractivity contribution in [2.75, 3.05) is 20.0 Å². The van der Waals surface area contributed by atoms with Crippen LogP contribution in [0.2, 0.25) is 0 Å². The van der Waals surface area contributed by atoms with Crippen molar-refractivity contribution in [2.24, 2.45) is 0 Å². The third kappa shape index (κ3) is 4.12. The van der Waals surface area contributed by atoms with Crippen LogP contribution in [0.15, 0.2) is 47.4 Å². The number of carboxylic acid groups (broad SMARTS) is 1. The highest BCUT2D eigenvalue weighted by molar-refractivity contribution is 7.99. The van der Waals surface area contributed by atoms with Crippen molar-refractivity contribution in [3.8, 4) is 11.5 Å². The summed E-state index contributed by atoms with van der Waals surface area (Å²) in [4.78, 5) is 11.9. The molecule has 0 aromatic heterocycles. The van der Waals surface area contributed by atoms with Crippen molar-refractivity contribution >= 4 is 23.4 Å². The number of aliphatic hydroxyl groups is 1. The predicted molar refractivity (Wildman–Crippen MR) is 92.6 cm³/mol. The number of carboxylic acids is 1. The van der Waals surface area contributed by atoms with Crippen LogP contribution in [0.1, 0.15) is 10.8 Å². The summed E-state index contributed by atoms with van der Waals surface area (Å²) in [5, 5.41) is 18.6. The summed E-state index contributed by atoms with van der Waals surface area (Å²) < 4.78 is 10.3. The third-order valence-electron chi connectivity index (χ3n) is 3.46. The van der Waals surface area contributed by atoms with E-state index in [-0.39, 0.29) is 0 Å². The number of benzene rings is 2. The van der Waals surface area contributed by atoms with Gasteiger partial charge in [0.2, 0.25) is 0 Å². The Bertz CT molecular complexity index is 705. The minimum Gasteiger partial charge on any atom is -0.497 e. The first-order valence-corrected chi connectivity index (χ1v) is 7.99. The second-order valence-corrected chi connectivity index (χ2v) is 6.18. The summed E-state index contributed by atoms with van der Waals surface area (Å²) in [6.07, 6.45) is -1.59. The van der Waals surface area contributed by atoms with E-state index in [4.69, 9.17) is 15.2 Å². The fourth-order valence-corrected chi connectivity index (χ4v) is 3.32. The molecule has 0 aliphatic heterocycles. The molecule has 2 aromatic carbocycles. The Balaban J connectivity index is 2.37. The van der Waals surface area contributed by atoms with Gasteiger partial charge in [-0.05, 0) is 35.9 Å². The van der Waals surface area contributed by atoms with Gasteiger partial charge in [-0.3, -0.25) is 0 Å². The van der Waals surface area contributed by atoms with Gasteiger partial charge in [-0.1, -0.05) is 12.1 Å². The molecule has 24 heavy (non-hydrogen) atoms. The van der Waals surface area contributed by atoms with Crippen LogP contribution in [-0.4, -0.2) is 36.5 Å². The predicted octanol–water partition coefficient (Wildman–Crippen LogP) is 2.56. The lowest BCUT2D eigenvalue weighted by Gasteiger charge is -2.21. The van der Waals surface area contributed by atoms with Crippen LogP contribution >= 0.6 is 11.8 Å². The van der Waals surface area contributed by atoms with Crippen LogP contribution in [0.5, 0.6) is 11.5 Å². The zero-order chi connectivity index (χ0) is 17.7. The van der Waals surface area contributed by atoms with Gasteiger partial charge in [0, 0.05) is 10.6 Å². The average Bonchev–Trinajstić information content (AvgIpc) is 2.60. The lowest BCUT2D eigenvalue weighted by Crippen LogP contribution is -2.26. The number of nitrogens with two attached hydrogens (primary N) is 1. The fraction of sp³-hybridized carbons (Fsp3) is 0.235. The number of rotatable bonds is 7. The number of aliphatic hydroxyl groups excluding tert-OH is 1. The molecule has 7 heteroatoms. The molecule has 6 nitrogen and oxygen atoms in total. The second kappa shape index (κ2) is 7.94. The normalized spacial score (nSPS) is 13.1. The number of aliphatic carboxylic acids is 1. The van der Waals surface area contributed by atoms with Crippen molar-refractivity contribution in [1.29, 1.82) is 0 Å². The number of carbonyl (C=O) groups is 1. The molecule has 0 aliphatic carbocycles. The van der Waals surface area contributed by atoms with Crippen LogP contribution in [-0.2, 0) is 4.79 Å². The summed E-state index contributed by atoms with van der Waals surface area (Å²) in [6.45, 7) is 0. The van der Waals surface area contributed by atoms with E-state index >= 15 is 0 Å². The smallest absolute Gasteiger partial charge is 0.334 e.